The van der Waals surface area contributed by atoms with Crippen LogP contribution in [0.5, 0.6) is 5.75 Å². The maximum absolute atomic E-state index is 11.9. The molecule has 0 heterocycles. The molecule has 1 amide bonds. The minimum atomic E-state index is -0.568. The van der Waals surface area contributed by atoms with Crippen molar-refractivity contribution in [3.63, 3.8) is 0 Å². The zero-order valence-electron chi connectivity index (χ0n) is 12.6. The number of rotatable bonds is 5. The first kappa shape index (κ1) is 16.8. The molecule has 0 aromatic heterocycles. The summed E-state index contributed by atoms with van der Waals surface area (Å²) < 4.78 is 5.37. The summed E-state index contributed by atoms with van der Waals surface area (Å²) in [7, 11) is 0. The predicted octanol–water partition coefficient (Wildman–Crippen LogP) is 3.88. The van der Waals surface area contributed by atoms with Crippen molar-refractivity contribution in [3.05, 3.63) is 62.7 Å². The van der Waals surface area contributed by atoms with Crippen LogP contribution in [0.2, 0.25) is 5.02 Å². The van der Waals surface area contributed by atoms with Crippen molar-refractivity contribution in [1.82, 2.24) is 0 Å². The Labute approximate surface area is 138 Å². The summed E-state index contributed by atoms with van der Waals surface area (Å²) in [5.41, 5.74) is 1.86. The Morgan fingerprint density at radius 3 is 2.52 bits per heavy atom. The highest BCUT2D eigenvalue weighted by atomic mass is 35.5. The minimum Gasteiger partial charge on any atom is -0.484 e. The van der Waals surface area contributed by atoms with Gasteiger partial charge in [-0.25, -0.2) is 0 Å². The van der Waals surface area contributed by atoms with Gasteiger partial charge in [-0.1, -0.05) is 29.3 Å². The van der Waals surface area contributed by atoms with Gasteiger partial charge in [0.15, 0.2) is 6.61 Å². The quantitative estimate of drug-likeness (QED) is 0.664. The second-order valence-corrected chi connectivity index (χ2v) is 5.43. The van der Waals surface area contributed by atoms with Crippen LogP contribution < -0.4 is 10.1 Å². The molecular formula is C16H15ClN2O4. The summed E-state index contributed by atoms with van der Waals surface area (Å²) >= 11 is 5.84. The number of nitro benzene ring substituents is 1. The number of nitrogens with zero attached hydrogens (tertiary/aromatic N) is 1. The van der Waals surface area contributed by atoms with Gasteiger partial charge in [0.25, 0.3) is 11.6 Å². The summed E-state index contributed by atoms with van der Waals surface area (Å²) in [6.45, 7) is 3.44. The zero-order valence-corrected chi connectivity index (χ0v) is 13.4. The normalized spacial score (nSPS) is 10.2. The van der Waals surface area contributed by atoms with Crippen LogP contribution in [-0.2, 0) is 4.79 Å². The van der Waals surface area contributed by atoms with Crippen molar-refractivity contribution in [2.75, 3.05) is 11.9 Å². The number of anilines is 1. The number of nitro groups is 1. The molecule has 0 radical (unpaired) electrons. The van der Waals surface area contributed by atoms with Gasteiger partial charge in [-0.3, -0.25) is 14.9 Å². The number of hydrogen-bond donors (Lipinski definition) is 1. The third-order valence-electron chi connectivity index (χ3n) is 3.16. The van der Waals surface area contributed by atoms with Crippen molar-refractivity contribution in [2.45, 2.75) is 13.8 Å². The predicted molar refractivity (Wildman–Crippen MR) is 88.1 cm³/mol. The molecule has 0 saturated heterocycles. The van der Waals surface area contributed by atoms with E-state index in [1.165, 1.54) is 12.1 Å². The second kappa shape index (κ2) is 7.11. The van der Waals surface area contributed by atoms with Crippen molar-refractivity contribution in [3.8, 4) is 5.75 Å². The maximum Gasteiger partial charge on any atom is 0.288 e. The largest absolute Gasteiger partial charge is 0.484 e. The standard InChI is InChI=1S/C16H15ClN2O4/c1-10-3-5-12(6-4-10)23-9-16(20)18-14-8-13(17)15(19(21)22)7-11(14)2/h3-8H,9H2,1-2H3,(H,18,20). The van der Waals surface area contributed by atoms with Gasteiger partial charge in [0.1, 0.15) is 10.8 Å². The third kappa shape index (κ3) is 4.43. The second-order valence-electron chi connectivity index (χ2n) is 5.03. The van der Waals surface area contributed by atoms with Crippen molar-refractivity contribution < 1.29 is 14.5 Å². The van der Waals surface area contributed by atoms with Crippen LogP contribution in [0.15, 0.2) is 36.4 Å². The van der Waals surface area contributed by atoms with Gasteiger partial charge in [-0.2, -0.15) is 0 Å². The summed E-state index contributed by atoms with van der Waals surface area (Å²) in [5.74, 6) is 0.211. The summed E-state index contributed by atoms with van der Waals surface area (Å²) in [5, 5.41) is 13.4. The van der Waals surface area contributed by atoms with Crippen molar-refractivity contribution in [1.29, 1.82) is 0 Å². The number of benzene rings is 2. The van der Waals surface area contributed by atoms with E-state index in [1.807, 2.05) is 19.1 Å². The topological polar surface area (TPSA) is 81.5 Å². The molecule has 0 atom stereocenters. The van der Waals surface area contributed by atoms with Gasteiger partial charge in [0.05, 0.1) is 4.92 Å². The number of nitrogens with one attached hydrogen (secondary N) is 1. The van der Waals surface area contributed by atoms with Crippen LogP contribution in [0.4, 0.5) is 11.4 Å². The van der Waals surface area contributed by atoms with E-state index in [-0.39, 0.29) is 23.2 Å². The number of hydrogen-bond acceptors (Lipinski definition) is 4. The molecule has 2 aromatic carbocycles. The lowest BCUT2D eigenvalue weighted by Crippen LogP contribution is -2.20. The van der Waals surface area contributed by atoms with Gasteiger partial charge in [-0.15, -0.1) is 0 Å². The number of aryl methyl sites for hydroxylation is 2. The van der Waals surface area contributed by atoms with Crippen LogP contribution in [-0.4, -0.2) is 17.4 Å². The Hall–Kier alpha value is -2.60. The smallest absolute Gasteiger partial charge is 0.288 e. The number of halogens is 1. The Bertz CT molecular complexity index is 744. The maximum atomic E-state index is 11.9. The molecule has 0 unspecified atom stereocenters. The van der Waals surface area contributed by atoms with Crippen LogP contribution >= 0.6 is 11.6 Å². The lowest BCUT2D eigenvalue weighted by molar-refractivity contribution is -0.384. The first-order valence-electron chi connectivity index (χ1n) is 6.80. The molecule has 23 heavy (non-hydrogen) atoms. The molecule has 0 aliphatic rings. The number of ether oxygens (including phenoxy) is 1. The van der Waals surface area contributed by atoms with E-state index in [0.29, 0.717) is 17.0 Å². The van der Waals surface area contributed by atoms with Gasteiger partial charge in [0.2, 0.25) is 0 Å². The lowest BCUT2D eigenvalue weighted by atomic mass is 10.2. The molecule has 2 rings (SSSR count). The molecule has 0 saturated carbocycles. The fraction of sp³-hybridized carbons (Fsp3) is 0.188. The highest BCUT2D eigenvalue weighted by Gasteiger charge is 2.16. The molecule has 0 fully saturated rings. The van der Waals surface area contributed by atoms with E-state index in [1.54, 1.807) is 19.1 Å². The van der Waals surface area contributed by atoms with Crippen LogP contribution in [0.3, 0.4) is 0 Å². The first-order valence-corrected chi connectivity index (χ1v) is 7.18. The zero-order chi connectivity index (χ0) is 17.0. The van der Waals surface area contributed by atoms with Gasteiger partial charge < -0.3 is 10.1 Å². The summed E-state index contributed by atoms with van der Waals surface area (Å²) in [4.78, 5) is 22.2. The van der Waals surface area contributed by atoms with Gasteiger partial charge in [-0.05, 0) is 37.6 Å². The van der Waals surface area contributed by atoms with Crippen LogP contribution in [0.1, 0.15) is 11.1 Å². The molecule has 7 heteroatoms. The van der Waals surface area contributed by atoms with Gasteiger partial charge >= 0.3 is 0 Å². The van der Waals surface area contributed by atoms with E-state index in [0.717, 1.165) is 5.56 Å². The van der Waals surface area contributed by atoms with Crippen LogP contribution in [0.25, 0.3) is 0 Å². The molecule has 0 aliphatic heterocycles. The lowest BCUT2D eigenvalue weighted by Gasteiger charge is -2.10. The summed E-state index contributed by atoms with van der Waals surface area (Å²) in [6.07, 6.45) is 0. The minimum absolute atomic E-state index is 0.0321. The molecule has 2 aromatic rings. The molecule has 0 bridgehead atoms. The highest BCUT2D eigenvalue weighted by Crippen LogP contribution is 2.30. The fourth-order valence-corrected chi connectivity index (χ4v) is 2.14. The van der Waals surface area contributed by atoms with E-state index < -0.39 is 4.92 Å². The first-order chi connectivity index (χ1) is 10.9. The Kier molecular flexibility index (Phi) is 5.18. The Balaban J connectivity index is 2.01. The molecule has 120 valence electrons. The third-order valence-corrected chi connectivity index (χ3v) is 3.46. The SMILES string of the molecule is Cc1ccc(OCC(=O)Nc2cc(Cl)c([N+](=O)[O-])cc2C)cc1. The Morgan fingerprint density at radius 2 is 1.91 bits per heavy atom. The van der Waals surface area contributed by atoms with E-state index in [2.05, 4.69) is 5.32 Å². The summed E-state index contributed by atoms with van der Waals surface area (Å²) in [6, 6.07) is 9.99. The van der Waals surface area contributed by atoms with E-state index in [9.17, 15) is 14.9 Å². The van der Waals surface area contributed by atoms with Crippen molar-refractivity contribution >= 4 is 28.9 Å². The number of amides is 1. The molecular weight excluding hydrogens is 320 g/mol. The van der Waals surface area contributed by atoms with Crippen LogP contribution in [0, 0.1) is 24.0 Å². The molecule has 0 spiro atoms. The van der Waals surface area contributed by atoms with Gasteiger partial charge in [0, 0.05) is 11.8 Å². The highest BCUT2D eigenvalue weighted by molar-refractivity contribution is 6.33. The van der Waals surface area contributed by atoms with Crippen molar-refractivity contribution in [2.24, 2.45) is 0 Å². The molecule has 6 nitrogen and oxygen atoms in total. The molecule has 0 aliphatic carbocycles. The number of carbonyl (C=O) groups excluding carboxylic acids is 1. The number of carbonyl (C=O) groups is 1. The average Bonchev–Trinajstić information content (AvgIpc) is 2.49. The van der Waals surface area contributed by atoms with E-state index >= 15 is 0 Å². The van der Waals surface area contributed by atoms with E-state index in [4.69, 9.17) is 16.3 Å². The average molecular weight is 335 g/mol. The molecule has 1 N–H and O–H groups in total. The Morgan fingerprint density at radius 1 is 1.26 bits per heavy atom. The monoisotopic (exact) mass is 334 g/mol. The fourth-order valence-electron chi connectivity index (χ4n) is 1.91.